The van der Waals surface area contributed by atoms with Crippen LogP contribution in [0.1, 0.15) is 36.9 Å². The number of hydrogen-bond acceptors (Lipinski definition) is 5. The summed E-state index contributed by atoms with van der Waals surface area (Å²) in [6.07, 6.45) is -0.826. The molecular weight excluding hydrogens is 459 g/mol. The number of halogens is 3. The molecular formula is C25H30F3N5O2. The monoisotopic (exact) mass is 489 g/mol. The van der Waals surface area contributed by atoms with Gasteiger partial charge in [-0.2, -0.15) is 5.12 Å². The topological polar surface area (TPSA) is 59.1 Å². The van der Waals surface area contributed by atoms with Gasteiger partial charge in [-0.1, -0.05) is 30.3 Å². The summed E-state index contributed by atoms with van der Waals surface area (Å²) in [4.78, 5) is 30.5. The molecule has 2 aromatic rings. The van der Waals surface area contributed by atoms with E-state index in [0.29, 0.717) is 12.2 Å². The fourth-order valence-corrected chi connectivity index (χ4v) is 4.63. The predicted molar refractivity (Wildman–Crippen MR) is 126 cm³/mol. The molecule has 0 radical (unpaired) electrons. The van der Waals surface area contributed by atoms with Crippen LogP contribution in [0.15, 0.2) is 48.5 Å². The molecule has 2 aliphatic rings. The fourth-order valence-electron chi connectivity index (χ4n) is 4.63. The van der Waals surface area contributed by atoms with Gasteiger partial charge in [0.1, 0.15) is 18.4 Å². The Labute approximate surface area is 203 Å². The summed E-state index contributed by atoms with van der Waals surface area (Å²) in [6.45, 7) is 4.23. The lowest BCUT2D eigenvalue weighted by molar-refractivity contribution is -0.169. The van der Waals surface area contributed by atoms with E-state index in [0.717, 1.165) is 5.56 Å². The van der Waals surface area contributed by atoms with Crippen LogP contribution in [0.5, 0.6) is 0 Å². The first-order chi connectivity index (χ1) is 16.6. The molecule has 1 N–H and O–H groups in total. The average Bonchev–Trinajstić information content (AvgIpc) is 2.79. The van der Waals surface area contributed by atoms with E-state index >= 15 is 0 Å². The zero-order chi connectivity index (χ0) is 25.3. The third-order valence-electron chi connectivity index (χ3n) is 6.64. The molecule has 1 aliphatic carbocycles. The number of hydrazine groups is 2. The first-order valence-corrected chi connectivity index (χ1v) is 11.6. The Morgan fingerprint density at radius 3 is 2.43 bits per heavy atom. The van der Waals surface area contributed by atoms with Crippen molar-refractivity contribution in [3.8, 4) is 0 Å². The SMILES string of the molecule is CCN(C(=O)C(c1ccccc1C)N(C(=O)CN1NCN1C)c1cccc(F)c1)C1CC(F)(F)C1. The van der Waals surface area contributed by atoms with Crippen molar-refractivity contribution in [2.24, 2.45) is 0 Å². The van der Waals surface area contributed by atoms with Crippen molar-refractivity contribution >= 4 is 17.5 Å². The number of aryl methyl sites for hydroxylation is 1. The summed E-state index contributed by atoms with van der Waals surface area (Å²) in [5.41, 5.74) is 4.54. The third-order valence-corrected chi connectivity index (χ3v) is 6.64. The van der Waals surface area contributed by atoms with Crippen LogP contribution in [0.2, 0.25) is 0 Å². The van der Waals surface area contributed by atoms with Crippen LogP contribution in [0.4, 0.5) is 18.9 Å². The average molecular weight is 490 g/mol. The van der Waals surface area contributed by atoms with E-state index in [1.165, 1.54) is 28.0 Å². The number of alkyl halides is 2. The summed E-state index contributed by atoms with van der Waals surface area (Å²) in [7, 11) is 1.80. The summed E-state index contributed by atoms with van der Waals surface area (Å²) < 4.78 is 41.7. The van der Waals surface area contributed by atoms with Crippen LogP contribution in [0, 0.1) is 12.7 Å². The molecule has 0 aromatic heterocycles. The lowest BCUT2D eigenvalue weighted by Gasteiger charge is -2.45. The molecule has 0 bridgehead atoms. The summed E-state index contributed by atoms with van der Waals surface area (Å²) in [6, 6.07) is 10.9. The van der Waals surface area contributed by atoms with Crippen LogP contribution in [-0.4, -0.2) is 65.6 Å². The Hall–Kier alpha value is -2.95. The maximum absolute atomic E-state index is 14.3. The predicted octanol–water partition coefficient (Wildman–Crippen LogP) is 3.48. The molecule has 1 saturated carbocycles. The van der Waals surface area contributed by atoms with Gasteiger partial charge in [0.15, 0.2) is 0 Å². The van der Waals surface area contributed by atoms with E-state index in [9.17, 15) is 22.8 Å². The van der Waals surface area contributed by atoms with Gasteiger partial charge in [0.25, 0.3) is 11.8 Å². The largest absolute Gasteiger partial charge is 0.337 e. The molecule has 1 aliphatic heterocycles. The molecule has 1 atom stereocenters. The van der Waals surface area contributed by atoms with Crippen molar-refractivity contribution in [2.75, 3.05) is 31.7 Å². The lowest BCUT2D eigenvalue weighted by atomic mass is 9.85. The van der Waals surface area contributed by atoms with Gasteiger partial charge in [0.05, 0.1) is 6.67 Å². The lowest BCUT2D eigenvalue weighted by Crippen LogP contribution is -2.66. The van der Waals surface area contributed by atoms with Crippen molar-refractivity contribution in [3.63, 3.8) is 0 Å². The molecule has 10 heteroatoms. The molecule has 1 saturated heterocycles. The van der Waals surface area contributed by atoms with Gasteiger partial charge in [-0.15, -0.1) is 0 Å². The van der Waals surface area contributed by atoms with Crippen molar-refractivity contribution in [2.45, 2.75) is 44.7 Å². The fraction of sp³-hybridized carbons (Fsp3) is 0.440. The smallest absolute Gasteiger partial charge is 0.252 e. The number of rotatable bonds is 8. The van der Waals surface area contributed by atoms with Crippen molar-refractivity contribution < 1.29 is 22.8 Å². The summed E-state index contributed by atoms with van der Waals surface area (Å²) in [5.74, 6) is -4.26. The number of nitrogens with zero attached hydrogens (tertiary/aromatic N) is 4. The van der Waals surface area contributed by atoms with Gasteiger partial charge in [0, 0.05) is 38.2 Å². The van der Waals surface area contributed by atoms with E-state index in [1.807, 2.05) is 19.1 Å². The van der Waals surface area contributed by atoms with Crippen LogP contribution >= 0.6 is 0 Å². The minimum absolute atomic E-state index is 0.101. The quantitative estimate of drug-likeness (QED) is 0.616. The van der Waals surface area contributed by atoms with E-state index < -0.39 is 48.5 Å². The molecule has 1 heterocycles. The standard InChI is InChI=1S/C25H30F3N5O2/c1-4-31(20-13-25(27,28)14-20)24(35)23(21-11-6-5-8-17(21)2)33(19-10-7-9-18(26)12-19)22(34)15-32-29-16-30(32)3/h5-12,20,23,29H,4,13-16H2,1-3H3. The number of carbonyl (C=O) groups is 2. The van der Waals surface area contributed by atoms with Crippen LogP contribution in [0.25, 0.3) is 0 Å². The Balaban J connectivity index is 1.79. The van der Waals surface area contributed by atoms with Crippen molar-refractivity contribution in [1.29, 1.82) is 0 Å². The highest BCUT2D eigenvalue weighted by molar-refractivity contribution is 6.02. The van der Waals surface area contributed by atoms with Gasteiger partial charge in [0.2, 0.25) is 5.91 Å². The van der Waals surface area contributed by atoms with E-state index in [-0.39, 0.29) is 18.8 Å². The van der Waals surface area contributed by atoms with Crippen LogP contribution in [-0.2, 0) is 9.59 Å². The van der Waals surface area contributed by atoms with Crippen LogP contribution < -0.4 is 10.3 Å². The zero-order valence-electron chi connectivity index (χ0n) is 20.0. The molecule has 2 fully saturated rings. The van der Waals surface area contributed by atoms with Crippen LogP contribution in [0.3, 0.4) is 0 Å². The Morgan fingerprint density at radius 2 is 1.89 bits per heavy atom. The van der Waals surface area contributed by atoms with Crippen molar-refractivity contribution in [3.05, 3.63) is 65.5 Å². The molecule has 4 rings (SSSR count). The first kappa shape index (κ1) is 25.2. The Morgan fingerprint density at radius 1 is 1.17 bits per heavy atom. The number of anilines is 1. The molecule has 1 unspecified atom stereocenters. The number of nitrogens with one attached hydrogen (secondary N) is 1. The highest BCUT2D eigenvalue weighted by Crippen LogP contribution is 2.42. The van der Waals surface area contributed by atoms with Gasteiger partial charge in [-0.25, -0.2) is 23.6 Å². The molecule has 188 valence electrons. The van der Waals surface area contributed by atoms with E-state index in [4.69, 9.17) is 0 Å². The maximum Gasteiger partial charge on any atom is 0.252 e. The number of likely N-dealkylation sites (N-methyl/N-ethyl adjacent to an activating group) is 1. The Bertz CT molecular complexity index is 1090. The highest BCUT2D eigenvalue weighted by Gasteiger charge is 2.50. The van der Waals surface area contributed by atoms with Gasteiger partial charge < -0.3 is 4.90 Å². The second kappa shape index (κ2) is 9.96. The van der Waals surface area contributed by atoms with Gasteiger partial charge >= 0.3 is 0 Å². The second-order valence-corrected chi connectivity index (χ2v) is 9.08. The molecule has 35 heavy (non-hydrogen) atoms. The van der Waals surface area contributed by atoms with Gasteiger partial charge in [-0.3, -0.25) is 14.5 Å². The van der Waals surface area contributed by atoms with Crippen molar-refractivity contribution in [1.82, 2.24) is 20.5 Å². The summed E-state index contributed by atoms with van der Waals surface area (Å²) >= 11 is 0. The number of carbonyl (C=O) groups excluding carboxylic acids is 2. The minimum Gasteiger partial charge on any atom is -0.337 e. The molecule has 0 spiro atoms. The van der Waals surface area contributed by atoms with E-state index in [2.05, 4.69) is 5.43 Å². The number of amides is 2. The molecule has 7 nitrogen and oxygen atoms in total. The normalized spacial score (nSPS) is 18.9. The molecule has 2 amide bonds. The second-order valence-electron chi connectivity index (χ2n) is 9.08. The summed E-state index contributed by atoms with van der Waals surface area (Å²) in [5, 5.41) is 3.39. The minimum atomic E-state index is -2.80. The third kappa shape index (κ3) is 5.19. The maximum atomic E-state index is 14.3. The first-order valence-electron chi connectivity index (χ1n) is 11.6. The van der Waals surface area contributed by atoms with E-state index in [1.54, 1.807) is 42.3 Å². The molecule has 2 aromatic carbocycles. The zero-order valence-corrected chi connectivity index (χ0v) is 20.0. The van der Waals surface area contributed by atoms with Gasteiger partial charge in [-0.05, 0) is 43.2 Å². The Kier molecular flexibility index (Phi) is 7.16. The number of hydrogen-bond donors (Lipinski definition) is 1. The highest BCUT2D eigenvalue weighted by atomic mass is 19.3. The number of benzene rings is 2.